The Balaban J connectivity index is 1.52. The smallest absolute Gasteiger partial charge is 0.270 e. The van der Waals surface area contributed by atoms with Crippen molar-refractivity contribution in [2.75, 3.05) is 5.32 Å². The molecule has 0 aliphatic heterocycles. The van der Waals surface area contributed by atoms with Gasteiger partial charge in [0.15, 0.2) is 0 Å². The van der Waals surface area contributed by atoms with Crippen LogP contribution in [0.5, 0.6) is 0 Å². The highest BCUT2D eigenvalue weighted by atomic mass is 19.1. The van der Waals surface area contributed by atoms with Crippen LogP contribution >= 0.6 is 0 Å². The number of amides is 1. The lowest BCUT2D eigenvalue weighted by Gasteiger charge is -2.07. The van der Waals surface area contributed by atoms with Crippen molar-refractivity contribution in [3.05, 3.63) is 83.8 Å². The highest BCUT2D eigenvalue weighted by Crippen LogP contribution is 2.09. The van der Waals surface area contributed by atoms with Crippen molar-refractivity contribution in [2.45, 2.75) is 13.1 Å². The van der Waals surface area contributed by atoms with E-state index in [2.05, 4.69) is 15.6 Å². The molecule has 122 valence electrons. The van der Waals surface area contributed by atoms with Gasteiger partial charge in [-0.3, -0.25) is 4.79 Å². The first-order valence-corrected chi connectivity index (χ1v) is 7.46. The van der Waals surface area contributed by atoms with Crippen molar-refractivity contribution in [3.8, 4) is 0 Å². The van der Waals surface area contributed by atoms with E-state index in [1.165, 1.54) is 12.1 Å². The first-order valence-electron chi connectivity index (χ1n) is 7.46. The van der Waals surface area contributed by atoms with E-state index in [-0.39, 0.29) is 11.7 Å². The molecular weight excluding hydrogens is 309 g/mol. The maximum atomic E-state index is 12.8. The zero-order chi connectivity index (χ0) is 16.8. The van der Waals surface area contributed by atoms with Crippen LogP contribution in [0.15, 0.2) is 65.4 Å². The molecule has 2 N–H and O–H groups in total. The van der Waals surface area contributed by atoms with Crippen LogP contribution in [0.2, 0.25) is 0 Å². The molecule has 0 saturated carbocycles. The van der Waals surface area contributed by atoms with E-state index in [1.807, 2.05) is 12.1 Å². The highest BCUT2D eigenvalue weighted by molar-refractivity contribution is 5.92. The fraction of sp³-hybridized carbons (Fsp3) is 0.111. The SMILES string of the molecule is O=C(NCc1ccc(F)cc1)c1ccc(NCc2ccco2)cn1. The maximum Gasteiger partial charge on any atom is 0.270 e. The number of benzene rings is 1. The fourth-order valence-electron chi connectivity index (χ4n) is 2.11. The molecule has 0 fully saturated rings. The second kappa shape index (κ2) is 7.41. The van der Waals surface area contributed by atoms with Crippen LogP contribution in [0.3, 0.4) is 0 Å². The molecule has 0 spiro atoms. The predicted molar refractivity (Wildman–Crippen MR) is 87.8 cm³/mol. The van der Waals surface area contributed by atoms with Gasteiger partial charge in [-0.25, -0.2) is 9.37 Å². The second-order valence-electron chi connectivity index (χ2n) is 5.17. The molecule has 0 unspecified atom stereocenters. The Kier molecular flexibility index (Phi) is 4.86. The van der Waals surface area contributed by atoms with Crippen LogP contribution in [0.25, 0.3) is 0 Å². The number of hydrogen-bond donors (Lipinski definition) is 2. The monoisotopic (exact) mass is 325 g/mol. The molecule has 0 radical (unpaired) electrons. The topological polar surface area (TPSA) is 67.2 Å². The number of furan rings is 1. The van der Waals surface area contributed by atoms with Gasteiger partial charge in [0.2, 0.25) is 0 Å². The van der Waals surface area contributed by atoms with Gasteiger partial charge in [-0.2, -0.15) is 0 Å². The Labute approximate surface area is 138 Å². The van der Waals surface area contributed by atoms with Gasteiger partial charge in [0, 0.05) is 6.54 Å². The summed E-state index contributed by atoms with van der Waals surface area (Å²) in [6, 6.07) is 13.1. The van der Waals surface area contributed by atoms with Gasteiger partial charge in [-0.1, -0.05) is 12.1 Å². The highest BCUT2D eigenvalue weighted by Gasteiger charge is 2.07. The molecule has 0 aliphatic carbocycles. The lowest BCUT2D eigenvalue weighted by atomic mass is 10.2. The Morgan fingerprint density at radius 1 is 1.08 bits per heavy atom. The largest absolute Gasteiger partial charge is 0.467 e. The summed E-state index contributed by atoms with van der Waals surface area (Å²) in [4.78, 5) is 16.2. The average molecular weight is 325 g/mol. The third kappa shape index (κ3) is 4.19. The fourth-order valence-corrected chi connectivity index (χ4v) is 2.11. The van der Waals surface area contributed by atoms with Crippen molar-refractivity contribution in [3.63, 3.8) is 0 Å². The number of carbonyl (C=O) groups is 1. The summed E-state index contributed by atoms with van der Waals surface area (Å²) in [7, 11) is 0. The maximum absolute atomic E-state index is 12.8. The van der Waals surface area contributed by atoms with Gasteiger partial charge in [-0.15, -0.1) is 0 Å². The van der Waals surface area contributed by atoms with Crippen molar-refractivity contribution >= 4 is 11.6 Å². The van der Waals surface area contributed by atoms with E-state index >= 15 is 0 Å². The minimum atomic E-state index is -0.301. The zero-order valence-electron chi connectivity index (χ0n) is 12.8. The molecule has 6 heteroatoms. The molecule has 3 rings (SSSR count). The molecule has 1 amide bonds. The summed E-state index contributed by atoms with van der Waals surface area (Å²) in [6.45, 7) is 0.865. The number of nitrogens with one attached hydrogen (secondary N) is 2. The van der Waals surface area contributed by atoms with Crippen LogP contribution in [-0.4, -0.2) is 10.9 Å². The van der Waals surface area contributed by atoms with Gasteiger partial charge < -0.3 is 15.1 Å². The standard InChI is InChI=1S/C18H16FN3O2/c19-14-5-3-13(4-6-14)10-22-18(23)17-8-7-15(11-21-17)20-12-16-2-1-9-24-16/h1-9,11,20H,10,12H2,(H,22,23). The van der Waals surface area contributed by atoms with E-state index in [9.17, 15) is 9.18 Å². The van der Waals surface area contributed by atoms with Crippen LogP contribution in [0.4, 0.5) is 10.1 Å². The first kappa shape index (κ1) is 15.7. The summed E-state index contributed by atoms with van der Waals surface area (Å²) < 4.78 is 18.1. The molecular formula is C18H16FN3O2. The molecule has 3 aromatic rings. The average Bonchev–Trinajstić information content (AvgIpc) is 3.13. The minimum absolute atomic E-state index is 0.281. The molecule has 0 bridgehead atoms. The summed E-state index contributed by atoms with van der Waals surface area (Å²) >= 11 is 0. The van der Waals surface area contributed by atoms with Gasteiger partial charge in [0.05, 0.1) is 24.7 Å². The third-order valence-electron chi connectivity index (χ3n) is 3.41. The minimum Gasteiger partial charge on any atom is -0.467 e. The molecule has 5 nitrogen and oxygen atoms in total. The van der Waals surface area contributed by atoms with Crippen molar-refractivity contribution < 1.29 is 13.6 Å². The second-order valence-corrected chi connectivity index (χ2v) is 5.17. The van der Waals surface area contributed by atoms with Crippen molar-refractivity contribution in [1.82, 2.24) is 10.3 Å². The third-order valence-corrected chi connectivity index (χ3v) is 3.41. The lowest BCUT2D eigenvalue weighted by molar-refractivity contribution is 0.0946. The molecule has 0 saturated heterocycles. The lowest BCUT2D eigenvalue weighted by Crippen LogP contribution is -2.23. The van der Waals surface area contributed by atoms with Crippen molar-refractivity contribution in [1.29, 1.82) is 0 Å². The Hall–Kier alpha value is -3.15. The van der Waals surface area contributed by atoms with E-state index in [0.717, 1.165) is 17.0 Å². The van der Waals surface area contributed by atoms with E-state index in [4.69, 9.17) is 4.42 Å². The number of nitrogens with zero attached hydrogens (tertiary/aromatic N) is 1. The number of aromatic nitrogens is 1. The van der Waals surface area contributed by atoms with Gasteiger partial charge >= 0.3 is 0 Å². The number of anilines is 1. The van der Waals surface area contributed by atoms with Gasteiger partial charge in [0.1, 0.15) is 17.3 Å². The first-order chi connectivity index (χ1) is 11.7. The normalized spacial score (nSPS) is 10.4. The Morgan fingerprint density at radius 2 is 1.92 bits per heavy atom. The summed E-state index contributed by atoms with van der Waals surface area (Å²) in [6.07, 6.45) is 3.21. The summed E-state index contributed by atoms with van der Waals surface area (Å²) in [5.41, 5.74) is 1.93. The number of hydrogen-bond acceptors (Lipinski definition) is 4. The van der Waals surface area contributed by atoms with Crippen LogP contribution < -0.4 is 10.6 Å². The van der Waals surface area contributed by atoms with Crippen molar-refractivity contribution in [2.24, 2.45) is 0 Å². The number of rotatable bonds is 6. The Bertz CT molecular complexity index is 784. The van der Waals surface area contributed by atoms with Crippen LogP contribution in [-0.2, 0) is 13.1 Å². The van der Waals surface area contributed by atoms with Gasteiger partial charge in [0.25, 0.3) is 5.91 Å². The summed E-state index contributed by atoms with van der Waals surface area (Å²) in [5, 5.41) is 5.90. The molecule has 24 heavy (non-hydrogen) atoms. The van der Waals surface area contributed by atoms with Crippen LogP contribution in [0.1, 0.15) is 21.8 Å². The number of halogens is 1. The van der Waals surface area contributed by atoms with E-state index < -0.39 is 0 Å². The number of carbonyl (C=O) groups excluding carboxylic acids is 1. The molecule has 2 heterocycles. The van der Waals surface area contributed by atoms with E-state index in [0.29, 0.717) is 18.8 Å². The predicted octanol–water partition coefficient (Wildman–Crippen LogP) is 3.36. The quantitative estimate of drug-likeness (QED) is 0.729. The van der Waals surface area contributed by atoms with E-state index in [1.54, 1.807) is 36.7 Å². The zero-order valence-corrected chi connectivity index (χ0v) is 12.8. The van der Waals surface area contributed by atoms with Gasteiger partial charge in [-0.05, 0) is 42.0 Å². The molecule has 2 aromatic heterocycles. The molecule has 0 atom stereocenters. The Morgan fingerprint density at radius 3 is 2.58 bits per heavy atom. The molecule has 1 aromatic carbocycles. The number of pyridine rings is 1. The van der Waals surface area contributed by atoms with Crippen LogP contribution in [0, 0.1) is 5.82 Å². The molecule has 0 aliphatic rings. The summed E-state index contributed by atoms with van der Waals surface area (Å²) in [5.74, 6) is 0.234.